The largest absolute Gasteiger partial charge is 0.465 e. The van der Waals surface area contributed by atoms with E-state index in [1.165, 1.54) is 4.90 Å². The number of hydrogen-bond acceptors (Lipinski definition) is 6. The molecule has 34 heavy (non-hydrogen) atoms. The molecule has 1 spiro atoms. The molecule has 6 atom stereocenters. The number of nitrogens with zero attached hydrogens (tertiary/aromatic N) is 2. The van der Waals surface area contributed by atoms with Crippen LogP contribution in [-0.4, -0.2) is 81.3 Å². The molecular formula is C26H38N2O6. The fourth-order valence-corrected chi connectivity index (χ4v) is 6.25. The summed E-state index contributed by atoms with van der Waals surface area (Å²) in [5, 5.41) is 10.3. The summed E-state index contributed by atoms with van der Waals surface area (Å²) in [4.78, 5) is 45.1. The van der Waals surface area contributed by atoms with Gasteiger partial charge in [0.15, 0.2) is 0 Å². The van der Waals surface area contributed by atoms with Gasteiger partial charge in [0.05, 0.1) is 25.2 Å². The number of fused-ring (bicyclic) bond motifs is 2. The Morgan fingerprint density at radius 2 is 1.82 bits per heavy atom. The number of amides is 2. The highest BCUT2D eigenvalue weighted by atomic mass is 16.6. The van der Waals surface area contributed by atoms with Gasteiger partial charge in [-0.3, -0.25) is 14.4 Å². The molecule has 8 nitrogen and oxygen atoms in total. The number of aliphatic hydroxyl groups is 1. The maximum Gasteiger partial charge on any atom is 0.313 e. The third kappa shape index (κ3) is 3.44. The molecule has 4 aliphatic heterocycles. The van der Waals surface area contributed by atoms with Gasteiger partial charge in [0.2, 0.25) is 11.8 Å². The van der Waals surface area contributed by atoms with Gasteiger partial charge in [-0.05, 0) is 39.5 Å². The van der Waals surface area contributed by atoms with E-state index < -0.39 is 46.6 Å². The number of cyclic esters (lactones) is 1. The molecule has 188 valence electrons. The summed E-state index contributed by atoms with van der Waals surface area (Å²) in [7, 11) is 0. The van der Waals surface area contributed by atoms with Crippen LogP contribution in [0.3, 0.4) is 0 Å². The molecule has 0 aromatic heterocycles. The van der Waals surface area contributed by atoms with Crippen molar-refractivity contribution in [1.29, 1.82) is 0 Å². The number of likely N-dealkylation sites (tertiary alicyclic amines) is 1. The summed E-state index contributed by atoms with van der Waals surface area (Å²) in [5.74, 6) is -2.93. The summed E-state index contributed by atoms with van der Waals surface area (Å²) in [6.45, 7) is 11.9. The van der Waals surface area contributed by atoms with Crippen LogP contribution in [0, 0.1) is 17.8 Å². The van der Waals surface area contributed by atoms with E-state index >= 15 is 0 Å². The van der Waals surface area contributed by atoms with Gasteiger partial charge in [-0.15, -0.1) is 0 Å². The number of aliphatic hydroxyl groups excluding tert-OH is 1. The zero-order chi connectivity index (χ0) is 25.1. The monoisotopic (exact) mass is 474 g/mol. The molecule has 2 saturated heterocycles. The Morgan fingerprint density at radius 1 is 1.12 bits per heavy atom. The van der Waals surface area contributed by atoms with E-state index in [1.807, 2.05) is 65.8 Å². The Morgan fingerprint density at radius 3 is 2.41 bits per heavy atom. The molecule has 4 heterocycles. The first kappa shape index (κ1) is 24.9. The van der Waals surface area contributed by atoms with Crippen LogP contribution in [0.4, 0.5) is 0 Å². The molecule has 8 heteroatoms. The molecular weight excluding hydrogens is 436 g/mol. The van der Waals surface area contributed by atoms with Crippen LogP contribution in [0.1, 0.15) is 54.4 Å². The second-order valence-electron chi connectivity index (χ2n) is 11.2. The lowest BCUT2D eigenvalue weighted by Gasteiger charge is -2.44. The first-order chi connectivity index (χ1) is 15.9. The Labute approximate surface area is 201 Å². The highest BCUT2D eigenvalue weighted by molar-refractivity contribution is 5.99. The van der Waals surface area contributed by atoms with Crippen LogP contribution < -0.4 is 0 Å². The van der Waals surface area contributed by atoms with Gasteiger partial charge in [0.1, 0.15) is 23.2 Å². The molecule has 4 aliphatic rings. The predicted molar refractivity (Wildman–Crippen MR) is 125 cm³/mol. The molecule has 4 rings (SSSR count). The minimum absolute atomic E-state index is 0.104. The molecule has 1 N–H and O–H groups in total. The average molecular weight is 475 g/mol. The number of esters is 1. The van der Waals surface area contributed by atoms with Gasteiger partial charge >= 0.3 is 5.97 Å². The van der Waals surface area contributed by atoms with Crippen LogP contribution in [0.2, 0.25) is 0 Å². The van der Waals surface area contributed by atoms with Crippen molar-refractivity contribution in [2.75, 3.05) is 19.8 Å². The van der Waals surface area contributed by atoms with Crippen molar-refractivity contribution < 1.29 is 29.0 Å². The van der Waals surface area contributed by atoms with Gasteiger partial charge in [0, 0.05) is 12.1 Å². The summed E-state index contributed by atoms with van der Waals surface area (Å²) in [6, 6.07) is -1.57. The van der Waals surface area contributed by atoms with Crippen molar-refractivity contribution in [3.8, 4) is 0 Å². The second kappa shape index (κ2) is 8.48. The van der Waals surface area contributed by atoms with Crippen molar-refractivity contribution in [1.82, 2.24) is 9.80 Å². The minimum atomic E-state index is -1.33. The van der Waals surface area contributed by atoms with Gasteiger partial charge in [-0.2, -0.15) is 0 Å². The fourth-order valence-electron chi connectivity index (χ4n) is 6.25. The van der Waals surface area contributed by atoms with Gasteiger partial charge < -0.3 is 24.4 Å². The maximum atomic E-state index is 14.2. The zero-order valence-corrected chi connectivity index (χ0v) is 21.1. The van der Waals surface area contributed by atoms with Crippen molar-refractivity contribution in [3.05, 3.63) is 24.3 Å². The molecule has 2 amide bonds. The standard InChI is InChI=1S/C26H38N2O6/c1-7-25-11-8-9-14-33-23(32)19(25)18-21(30)28(17(15-29)16(2)3)20-22(31)27(24(4,5)6)13-10-12-26(18,20)34-25/h8,10-12,16-20,29H,7,9,13-15H2,1-6H3/t17-,18-,19+,20?,25-,26-/m0/s1. The molecule has 0 aromatic rings. The summed E-state index contributed by atoms with van der Waals surface area (Å²) >= 11 is 0. The third-order valence-electron chi connectivity index (χ3n) is 7.96. The van der Waals surface area contributed by atoms with Crippen molar-refractivity contribution in [2.24, 2.45) is 17.8 Å². The normalized spacial score (nSPS) is 36.6. The molecule has 0 saturated carbocycles. The summed E-state index contributed by atoms with van der Waals surface area (Å²) in [6.07, 6.45) is 8.58. The van der Waals surface area contributed by atoms with Crippen LogP contribution in [0.25, 0.3) is 0 Å². The number of carbonyl (C=O) groups excluding carboxylic acids is 3. The van der Waals surface area contributed by atoms with Crippen LogP contribution in [0.5, 0.6) is 0 Å². The van der Waals surface area contributed by atoms with Gasteiger partial charge in [-0.25, -0.2) is 0 Å². The van der Waals surface area contributed by atoms with E-state index in [0.29, 0.717) is 19.4 Å². The molecule has 1 unspecified atom stereocenters. The Kier molecular flexibility index (Phi) is 6.22. The maximum absolute atomic E-state index is 14.2. The lowest BCUT2D eigenvalue weighted by atomic mass is 9.73. The molecule has 0 bridgehead atoms. The predicted octanol–water partition coefficient (Wildman–Crippen LogP) is 2.06. The average Bonchev–Trinajstić information content (AvgIpc) is 3.08. The van der Waals surface area contributed by atoms with Gasteiger partial charge in [-0.1, -0.05) is 45.1 Å². The van der Waals surface area contributed by atoms with Crippen LogP contribution in [-0.2, 0) is 23.9 Å². The van der Waals surface area contributed by atoms with E-state index in [1.54, 1.807) is 4.90 Å². The SMILES string of the molecule is CC[C@]12C=CCCOC(=O)[C@H]1[C@H]1C(=O)N([C@@H](CO)C(C)C)C3C(=O)N(C(C)(C)C)CC=C[C@@]31O2. The molecule has 0 radical (unpaired) electrons. The lowest BCUT2D eigenvalue weighted by Crippen LogP contribution is -2.62. The highest BCUT2D eigenvalue weighted by Gasteiger charge is 2.76. The Balaban J connectivity index is 1.96. The van der Waals surface area contributed by atoms with E-state index in [9.17, 15) is 19.5 Å². The minimum Gasteiger partial charge on any atom is -0.465 e. The first-order valence-corrected chi connectivity index (χ1v) is 12.4. The molecule has 0 aromatic carbocycles. The van der Waals surface area contributed by atoms with Crippen molar-refractivity contribution in [2.45, 2.75) is 83.2 Å². The topological polar surface area (TPSA) is 96.4 Å². The smallest absolute Gasteiger partial charge is 0.313 e. The Bertz CT molecular complexity index is 921. The van der Waals surface area contributed by atoms with E-state index in [-0.39, 0.29) is 30.9 Å². The molecule has 0 aliphatic carbocycles. The van der Waals surface area contributed by atoms with Crippen molar-refractivity contribution >= 4 is 17.8 Å². The van der Waals surface area contributed by atoms with Gasteiger partial charge in [0.25, 0.3) is 0 Å². The first-order valence-electron chi connectivity index (χ1n) is 12.4. The van der Waals surface area contributed by atoms with Crippen molar-refractivity contribution in [3.63, 3.8) is 0 Å². The third-order valence-corrected chi connectivity index (χ3v) is 7.96. The number of rotatable bonds is 4. The second-order valence-corrected chi connectivity index (χ2v) is 11.2. The summed E-state index contributed by atoms with van der Waals surface area (Å²) in [5.41, 5.74) is -2.87. The van der Waals surface area contributed by atoms with E-state index in [0.717, 1.165) is 0 Å². The van der Waals surface area contributed by atoms with Crippen LogP contribution >= 0.6 is 0 Å². The number of hydrogen-bond donors (Lipinski definition) is 1. The zero-order valence-electron chi connectivity index (χ0n) is 21.1. The lowest BCUT2D eigenvalue weighted by molar-refractivity contribution is -0.165. The fraction of sp³-hybridized carbons (Fsp3) is 0.731. The van der Waals surface area contributed by atoms with E-state index in [2.05, 4.69) is 0 Å². The Hall–Kier alpha value is -2.19. The quantitative estimate of drug-likeness (QED) is 0.495. The molecule has 2 fully saturated rings. The number of ether oxygens (including phenoxy) is 2. The highest BCUT2D eigenvalue weighted by Crippen LogP contribution is 2.59. The number of carbonyl (C=O) groups is 3. The van der Waals surface area contributed by atoms with Crippen LogP contribution in [0.15, 0.2) is 24.3 Å². The summed E-state index contributed by atoms with van der Waals surface area (Å²) < 4.78 is 12.4. The van der Waals surface area contributed by atoms with E-state index in [4.69, 9.17) is 9.47 Å².